The van der Waals surface area contributed by atoms with E-state index in [0.717, 1.165) is 11.1 Å². The molecule has 2 aromatic carbocycles. The maximum atomic E-state index is 12.7. The molecule has 0 bridgehead atoms. The average molecular weight is 365 g/mol. The summed E-state index contributed by atoms with van der Waals surface area (Å²) in [5.41, 5.74) is 3.02. The molecule has 1 aliphatic rings. The van der Waals surface area contributed by atoms with Crippen molar-refractivity contribution in [1.82, 2.24) is 0 Å². The molecule has 0 atom stereocenters. The van der Waals surface area contributed by atoms with Crippen molar-refractivity contribution in [2.24, 2.45) is 0 Å². The van der Waals surface area contributed by atoms with E-state index in [-0.39, 0.29) is 11.8 Å². The summed E-state index contributed by atoms with van der Waals surface area (Å²) in [7, 11) is 0. The molecule has 0 aromatic heterocycles. The highest BCUT2D eigenvalue weighted by atomic mass is 79.9. The van der Waals surface area contributed by atoms with E-state index in [2.05, 4.69) is 15.9 Å². The Balaban J connectivity index is 2.23. The second kappa shape index (κ2) is 4.97. The van der Waals surface area contributed by atoms with Crippen molar-refractivity contribution >= 4 is 45.0 Å². The summed E-state index contributed by atoms with van der Waals surface area (Å²) in [4.78, 5) is 26.6. The lowest BCUT2D eigenvalue weighted by Crippen LogP contribution is -2.29. The number of halogens is 2. The Hall–Kier alpha value is -1.65. The number of aryl methyl sites for hydroxylation is 2. The molecule has 106 valence electrons. The average Bonchev–Trinajstić information content (AvgIpc) is 2.70. The van der Waals surface area contributed by atoms with Gasteiger partial charge in [-0.1, -0.05) is 23.7 Å². The minimum Gasteiger partial charge on any atom is -0.268 e. The van der Waals surface area contributed by atoms with Gasteiger partial charge >= 0.3 is 0 Å². The molecule has 21 heavy (non-hydrogen) atoms. The number of imide groups is 1. The van der Waals surface area contributed by atoms with Crippen LogP contribution in [-0.4, -0.2) is 11.8 Å². The van der Waals surface area contributed by atoms with Gasteiger partial charge in [0.1, 0.15) is 0 Å². The third-order valence-corrected chi connectivity index (χ3v) is 4.51. The Bertz CT molecular complexity index is 760. The van der Waals surface area contributed by atoms with Crippen LogP contribution in [0.1, 0.15) is 31.8 Å². The van der Waals surface area contributed by atoms with Crippen LogP contribution < -0.4 is 4.90 Å². The maximum absolute atomic E-state index is 12.7. The molecule has 0 aliphatic carbocycles. The Morgan fingerprint density at radius 3 is 2.00 bits per heavy atom. The van der Waals surface area contributed by atoms with Gasteiger partial charge in [0.05, 0.1) is 16.8 Å². The fraction of sp³-hybridized carbons (Fsp3) is 0.125. The van der Waals surface area contributed by atoms with E-state index >= 15 is 0 Å². The molecule has 2 aromatic rings. The number of anilines is 1. The summed E-state index contributed by atoms with van der Waals surface area (Å²) in [6.07, 6.45) is 0. The Morgan fingerprint density at radius 1 is 0.952 bits per heavy atom. The first-order chi connectivity index (χ1) is 9.91. The maximum Gasteiger partial charge on any atom is 0.266 e. The fourth-order valence-electron chi connectivity index (χ4n) is 2.55. The number of amides is 2. The lowest BCUT2D eigenvalue weighted by molar-refractivity contribution is 0.0926. The van der Waals surface area contributed by atoms with Crippen LogP contribution in [0.2, 0.25) is 5.02 Å². The highest BCUT2D eigenvalue weighted by molar-refractivity contribution is 9.10. The number of carbonyl (C=O) groups is 2. The zero-order valence-electron chi connectivity index (χ0n) is 11.4. The zero-order chi connectivity index (χ0) is 15.3. The summed E-state index contributed by atoms with van der Waals surface area (Å²) in [5, 5.41) is 0.471. The summed E-state index contributed by atoms with van der Waals surface area (Å²) in [6, 6.07) is 8.74. The molecular weight excluding hydrogens is 354 g/mol. The molecule has 0 radical (unpaired) electrons. The molecule has 0 fully saturated rings. The highest BCUT2D eigenvalue weighted by Crippen LogP contribution is 2.37. The van der Waals surface area contributed by atoms with Gasteiger partial charge in [-0.05, 0) is 59.1 Å². The predicted octanol–water partition coefficient (Wildman–Crippen LogP) is 4.52. The molecule has 0 saturated heterocycles. The normalized spacial score (nSPS) is 13.8. The van der Waals surface area contributed by atoms with Crippen molar-refractivity contribution in [1.29, 1.82) is 0 Å². The van der Waals surface area contributed by atoms with Crippen LogP contribution in [0.4, 0.5) is 5.69 Å². The number of fused-ring (bicyclic) bond motifs is 1. The van der Waals surface area contributed by atoms with E-state index in [4.69, 9.17) is 11.6 Å². The second-order valence-corrected chi connectivity index (χ2v) is 6.28. The van der Waals surface area contributed by atoms with Crippen molar-refractivity contribution in [2.75, 3.05) is 4.90 Å². The minimum atomic E-state index is -0.306. The molecule has 1 heterocycles. The Labute approximate surface area is 135 Å². The first-order valence-electron chi connectivity index (χ1n) is 6.36. The van der Waals surface area contributed by atoms with Crippen LogP contribution in [0, 0.1) is 13.8 Å². The number of rotatable bonds is 1. The second-order valence-electron chi connectivity index (χ2n) is 4.99. The minimum absolute atomic E-state index is 0.306. The molecule has 1 aliphatic heterocycles. The molecule has 2 amide bonds. The van der Waals surface area contributed by atoms with Crippen LogP contribution in [0.25, 0.3) is 0 Å². The fourth-order valence-corrected chi connectivity index (χ4v) is 3.14. The van der Waals surface area contributed by atoms with Gasteiger partial charge in [0.2, 0.25) is 0 Å². The highest BCUT2D eigenvalue weighted by Gasteiger charge is 2.39. The molecule has 3 nitrogen and oxygen atoms in total. The summed E-state index contributed by atoms with van der Waals surface area (Å²) in [5.74, 6) is -0.613. The monoisotopic (exact) mass is 363 g/mol. The first-order valence-corrected chi connectivity index (χ1v) is 7.53. The van der Waals surface area contributed by atoms with E-state index in [1.165, 1.54) is 4.90 Å². The Morgan fingerprint density at radius 2 is 1.48 bits per heavy atom. The van der Waals surface area contributed by atoms with Crippen LogP contribution >= 0.6 is 27.5 Å². The molecule has 0 N–H and O–H groups in total. The smallest absolute Gasteiger partial charge is 0.266 e. The molecule has 0 saturated carbocycles. The number of hydrogen-bond donors (Lipinski definition) is 0. The van der Waals surface area contributed by atoms with Crippen molar-refractivity contribution in [3.8, 4) is 0 Å². The summed E-state index contributed by atoms with van der Waals surface area (Å²) in [6.45, 7) is 3.67. The lowest BCUT2D eigenvalue weighted by atomic mass is 9.99. The van der Waals surface area contributed by atoms with Gasteiger partial charge in [0.15, 0.2) is 0 Å². The molecule has 5 heteroatoms. The van der Waals surface area contributed by atoms with E-state index in [1.54, 1.807) is 18.2 Å². The van der Waals surface area contributed by atoms with Crippen molar-refractivity contribution in [3.05, 3.63) is 62.1 Å². The largest absolute Gasteiger partial charge is 0.268 e. The molecular formula is C16H11BrClNO2. The van der Waals surface area contributed by atoms with Gasteiger partial charge in [-0.2, -0.15) is 0 Å². The van der Waals surface area contributed by atoms with E-state index in [0.29, 0.717) is 26.3 Å². The van der Waals surface area contributed by atoms with Gasteiger partial charge in [-0.15, -0.1) is 0 Å². The van der Waals surface area contributed by atoms with Crippen LogP contribution in [0.5, 0.6) is 0 Å². The first kappa shape index (κ1) is 14.3. The van der Waals surface area contributed by atoms with Crippen molar-refractivity contribution < 1.29 is 9.59 Å². The van der Waals surface area contributed by atoms with Crippen LogP contribution in [0.15, 0.2) is 34.8 Å². The van der Waals surface area contributed by atoms with Crippen molar-refractivity contribution in [2.45, 2.75) is 13.8 Å². The van der Waals surface area contributed by atoms with E-state index in [9.17, 15) is 9.59 Å². The van der Waals surface area contributed by atoms with Gasteiger partial charge in [0.25, 0.3) is 11.8 Å². The lowest BCUT2D eigenvalue weighted by Gasteiger charge is -2.16. The van der Waals surface area contributed by atoms with Crippen LogP contribution in [0.3, 0.4) is 0 Å². The molecule has 3 rings (SSSR count). The van der Waals surface area contributed by atoms with Crippen LogP contribution in [-0.2, 0) is 0 Å². The van der Waals surface area contributed by atoms with E-state index in [1.807, 2.05) is 26.0 Å². The summed E-state index contributed by atoms with van der Waals surface area (Å²) >= 11 is 9.37. The number of nitrogens with zero attached hydrogens (tertiary/aromatic N) is 1. The topological polar surface area (TPSA) is 37.4 Å². The predicted molar refractivity (Wildman–Crippen MR) is 86.2 cm³/mol. The third kappa shape index (κ3) is 2.10. The van der Waals surface area contributed by atoms with Crippen molar-refractivity contribution in [3.63, 3.8) is 0 Å². The summed E-state index contributed by atoms with van der Waals surface area (Å²) < 4.78 is 0.650. The number of benzene rings is 2. The number of hydrogen-bond acceptors (Lipinski definition) is 2. The van der Waals surface area contributed by atoms with Gasteiger partial charge in [-0.3, -0.25) is 9.59 Å². The number of carbonyl (C=O) groups excluding carboxylic acids is 2. The van der Waals surface area contributed by atoms with Gasteiger partial charge in [0, 0.05) is 9.50 Å². The Kier molecular flexibility index (Phi) is 3.38. The van der Waals surface area contributed by atoms with Gasteiger partial charge in [-0.25, -0.2) is 4.90 Å². The van der Waals surface area contributed by atoms with E-state index < -0.39 is 0 Å². The third-order valence-electron chi connectivity index (χ3n) is 3.61. The quantitative estimate of drug-likeness (QED) is 0.698. The van der Waals surface area contributed by atoms with Gasteiger partial charge < -0.3 is 0 Å². The zero-order valence-corrected chi connectivity index (χ0v) is 13.7. The standard InChI is InChI=1S/C16H11BrClNO2/c1-8-3-4-9(2)14-13(8)15(20)19(16(14)21)12-7-10(18)5-6-11(12)17/h3-7H,1-2H3. The SMILES string of the molecule is Cc1ccc(C)c2c1C(=O)N(c1cc(Cl)ccc1Br)C2=O. The molecule has 0 spiro atoms. The molecule has 0 unspecified atom stereocenters.